The van der Waals surface area contributed by atoms with Crippen molar-refractivity contribution in [3.05, 3.63) is 99.2 Å². The SMILES string of the molecule is C=CCN(Cc1ccc(C#N)cc1)C(=O)c1ccc(Cl)c(NC(=O)c2cccs2)c1. The summed E-state index contributed by atoms with van der Waals surface area (Å²) in [5.41, 5.74) is 2.22. The van der Waals surface area contributed by atoms with Crippen molar-refractivity contribution in [2.24, 2.45) is 0 Å². The van der Waals surface area contributed by atoms with Gasteiger partial charge in [0.05, 0.1) is 27.2 Å². The normalized spacial score (nSPS) is 10.1. The Morgan fingerprint density at radius 1 is 1.20 bits per heavy atom. The summed E-state index contributed by atoms with van der Waals surface area (Å²) in [7, 11) is 0. The van der Waals surface area contributed by atoms with Gasteiger partial charge in [-0.2, -0.15) is 5.26 Å². The largest absolute Gasteiger partial charge is 0.331 e. The fraction of sp³-hybridized carbons (Fsp3) is 0.0870. The van der Waals surface area contributed by atoms with E-state index in [1.165, 1.54) is 11.3 Å². The molecule has 0 aliphatic heterocycles. The highest BCUT2D eigenvalue weighted by Crippen LogP contribution is 2.25. The van der Waals surface area contributed by atoms with E-state index in [4.69, 9.17) is 16.9 Å². The van der Waals surface area contributed by atoms with Crippen LogP contribution in [0.25, 0.3) is 0 Å². The van der Waals surface area contributed by atoms with E-state index in [1.54, 1.807) is 53.4 Å². The number of anilines is 1. The molecule has 2 aromatic carbocycles. The van der Waals surface area contributed by atoms with Gasteiger partial charge in [0.25, 0.3) is 11.8 Å². The third-order valence-corrected chi connectivity index (χ3v) is 5.50. The maximum Gasteiger partial charge on any atom is 0.265 e. The summed E-state index contributed by atoms with van der Waals surface area (Å²) >= 11 is 7.55. The molecule has 5 nitrogen and oxygen atoms in total. The van der Waals surface area contributed by atoms with E-state index in [2.05, 4.69) is 18.0 Å². The molecule has 0 radical (unpaired) electrons. The number of benzene rings is 2. The Labute approximate surface area is 183 Å². The number of amides is 2. The van der Waals surface area contributed by atoms with E-state index in [1.807, 2.05) is 17.5 Å². The topological polar surface area (TPSA) is 73.2 Å². The molecule has 1 aromatic heterocycles. The minimum atomic E-state index is -0.281. The standard InChI is InChI=1S/C23H18ClN3O2S/c1-2-11-27(15-17-7-5-16(14-25)6-8-17)23(29)18-9-10-19(24)20(13-18)26-22(28)21-4-3-12-30-21/h2-10,12-13H,1,11,15H2,(H,26,28). The van der Waals surface area contributed by atoms with Crippen LogP contribution in [0.3, 0.4) is 0 Å². The Bertz CT molecular complexity index is 1100. The molecular weight excluding hydrogens is 418 g/mol. The van der Waals surface area contributed by atoms with E-state index in [-0.39, 0.29) is 11.8 Å². The molecular formula is C23H18ClN3O2S. The fourth-order valence-corrected chi connectivity index (χ4v) is 3.59. The number of halogens is 1. The predicted molar refractivity (Wildman–Crippen MR) is 120 cm³/mol. The van der Waals surface area contributed by atoms with E-state index in [9.17, 15) is 9.59 Å². The van der Waals surface area contributed by atoms with E-state index in [0.717, 1.165) is 5.56 Å². The number of nitrogens with one attached hydrogen (secondary N) is 1. The Morgan fingerprint density at radius 2 is 1.97 bits per heavy atom. The lowest BCUT2D eigenvalue weighted by Gasteiger charge is -2.22. The molecule has 0 saturated heterocycles. The smallest absolute Gasteiger partial charge is 0.265 e. The van der Waals surface area contributed by atoms with Crippen LogP contribution in [0, 0.1) is 11.3 Å². The van der Waals surface area contributed by atoms with E-state index in [0.29, 0.717) is 39.8 Å². The molecule has 0 fully saturated rings. The fourth-order valence-electron chi connectivity index (χ4n) is 2.81. The molecule has 7 heteroatoms. The lowest BCUT2D eigenvalue weighted by Crippen LogP contribution is -2.30. The van der Waals surface area contributed by atoms with Crippen LogP contribution in [0.2, 0.25) is 5.02 Å². The van der Waals surface area contributed by atoms with Crippen molar-refractivity contribution in [2.45, 2.75) is 6.54 Å². The molecule has 0 spiro atoms. The third-order valence-electron chi connectivity index (χ3n) is 4.30. The molecule has 0 aliphatic rings. The van der Waals surface area contributed by atoms with Crippen molar-refractivity contribution in [3.63, 3.8) is 0 Å². The van der Waals surface area contributed by atoms with Crippen molar-refractivity contribution in [1.29, 1.82) is 5.26 Å². The Morgan fingerprint density at radius 3 is 2.60 bits per heavy atom. The summed E-state index contributed by atoms with van der Waals surface area (Å²) in [6, 6.07) is 17.4. The molecule has 3 aromatic rings. The van der Waals surface area contributed by atoms with Crippen LogP contribution in [-0.4, -0.2) is 23.3 Å². The van der Waals surface area contributed by atoms with Crippen molar-refractivity contribution in [1.82, 2.24) is 4.90 Å². The lowest BCUT2D eigenvalue weighted by molar-refractivity contribution is 0.0762. The zero-order valence-electron chi connectivity index (χ0n) is 16.0. The molecule has 2 amide bonds. The summed E-state index contributed by atoms with van der Waals surface area (Å²) in [6.45, 7) is 4.43. The third kappa shape index (κ3) is 5.15. The van der Waals surface area contributed by atoms with E-state index < -0.39 is 0 Å². The van der Waals surface area contributed by atoms with Gasteiger partial charge in [-0.3, -0.25) is 9.59 Å². The monoisotopic (exact) mass is 435 g/mol. The molecule has 1 N–H and O–H groups in total. The van der Waals surface area contributed by atoms with Crippen molar-refractivity contribution in [2.75, 3.05) is 11.9 Å². The van der Waals surface area contributed by atoms with Crippen LogP contribution in [0.15, 0.2) is 72.6 Å². The lowest BCUT2D eigenvalue weighted by atomic mass is 10.1. The van der Waals surface area contributed by atoms with Gasteiger partial charge < -0.3 is 10.2 Å². The highest BCUT2D eigenvalue weighted by atomic mass is 35.5. The van der Waals surface area contributed by atoms with Gasteiger partial charge >= 0.3 is 0 Å². The number of rotatable bonds is 7. The van der Waals surface area contributed by atoms with Crippen molar-refractivity contribution >= 4 is 40.4 Å². The molecule has 0 aliphatic carbocycles. The summed E-state index contributed by atoms with van der Waals surface area (Å²) in [4.78, 5) is 27.6. The van der Waals surface area contributed by atoms with Crippen LogP contribution in [0.5, 0.6) is 0 Å². The molecule has 3 rings (SSSR count). The Balaban J connectivity index is 1.81. The first-order chi connectivity index (χ1) is 14.5. The number of thiophene rings is 1. The van der Waals surface area contributed by atoms with Crippen molar-refractivity contribution < 1.29 is 9.59 Å². The molecule has 150 valence electrons. The van der Waals surface area contributed by atoms with Gasteiger partial charge in [-0.15, -0.1) is 17.9 Å². The summed E-state index contributed by atoms with van der Waals surface area (Å²) in [5, 5.41) is 13.9. The van der Waals surface area contributed by atoms with Gasteiger partial charge in [-0.05, 0) is 47.3 Å². The zero-order chi connectivity index (χ0) is 21.5. The first-order valence-electron chi connectivity index (χ1n) is 9.05. The second-order valence-corrected chi connectivity index (χ2v) is 7.76. The maximum absolute atomic E-state index is 13.1. The number of hydrogen-bond donors (Lipinski definition) is 1. The molecule has 1 heterocycles. The highest BCUT2D eigenvalue weighted by Gasteiger charge is 2.18. The minimum absolute atomic E-state index is 0.220. The van der Waals surface area contributed by atoms with Crippen LogP contribution < -0.4 is 5.32 Å². The molecule has 0 bridgehead atoms. The number of nitrogens with zero attached hydrogens (tertiary/aromatic N) is 2. The number of carbonyl (C=O) groups excluding carboxylic acids is 2. The number of nitriles is 1. The number of hydrogen-bond acceptors (Lipinski definition) is 4. The number of carbonyl (C=O) groups is 2. The zero-order valence-corrected chi connectivity index (χ0v) is 17.5. The second kappa shape index (κ2) is 9.88. The average molecular weight is 436 g/mol. The van der Waals surface area contributed by atoms with Gasteiger partial charge in [-0.1, -0.05) is 35.9 Å². The first-order valence-corrected chi connectivity index (χ1v) is 10.3. The molecule has 0 unspecified atom stereocenters. The minimum Gasteiger partial charge on any atom is -0.331 e. The molecule has 30 heavy (non-hydrogen) atoms. The summed E-state index contributed by atoms with van der Waals surface area (Å²) in [5.74, 6) is -0.500. The van der Waals surface area contributed by atoms with E-state index >= 15 is 0 Å². The summed E-state index contributed by atoms with van der Waals surface area (Å²) in [6.07, 6.45) is 1.65. The van der Waals surface area contributed by atoms with Crippen LogP contribution in [0.4, 0.5) is 5.69 Å². The second-order valence-electron chi connectivity index (χ2n) is 6.41. The van der Waals surface area contributed by atoms with Gasteiger partial charge in [0, 0.05) is 18.7 Å². The molecule has 0 saturated carbocycles. The first kappa shape index (κ1) is 21.3. The van der Waals surface area contributed by atoms with Crippen LogP contribution in [-0.2, 0) is 6.54 Å². The van der Waals surface area contributed by atoms with Gasteiger partial charge in [0.15, 0.2) is 0 Å². The Kier molecular flexibility index (Phi) is 7.02. The predicted octanol–water partition coefficient (Wildman–Crippen LogP) is 5.35. The quantitative estimate of drug-likeness (QED) is 0.508. The Hall–Kier alpha value is -3.40. The van der Waals surface area contributed by atoms with Crippen LogP contribution in [0.1, 0.15) is 31.2 Å². The van der Waals surface area contributed by atoms with Crippen molar-refractivity contribution in [3.8, 4) is 6.07 Å². The maximum atomic E-state index is 13.1. The molecule has 0 atom stereocenters. The highest BCUT2D eigenvalue weighted by molar-refractivity contribution is 7.12. The van der Waals surface area contributed by atoms with Gasteiger partial charge in [0.1, 0.15) is 0 Å². The van der Waals surface area contributed by atoms with Gasteiger partial charge in [-0.25, -0.2) is 0 Å². The average Bonchev–Trinajstić information content (AvgIpc) is 3.30. The van der Waals surface area contributed by atoms with Gasteiger partial charge in [0.2, 0.25) is 0 Å². The van der Waals surface area contributed by atoms with Crippen LogP contribution >= 0.6 is 22.9 Å². The summed E-state index contributed by atoms with van der Waals surface area (Å²) < 4.78 is 0.